The molecule has 1 saturated carbocycles. The van der Waals surface area contributed by atoms with Crippen molar-refractivity contribution in [1.29, 1.82) is 0 Å². The Bertz CT molecular complexity index is 200. The topological polar surface area (TPSA) is 26.3 Å². The minimum Gasteiger partial charge on any atom is -0.367 e. The molecule has 0 aromatic rings. The van der Waals surface area contributed by atoms with Gasteiger partial charge in [0.1, 0.15) is 5.60 Å². The molecule has 0 spiro atoms. The number of hydrogen-bond donors (Lipinski definition) is 0. The molecular weight excluding hydrogens is 164 g/mol. The molecule has 0 aromatic heterocycles. The van der Waals surface area contributed by atoms with E-state index in [1.807, 2.05) is 6.92 Å². The summed E-state index contributed by atoms with van der Waals surface area (Å²) in [6.07, 6.45) is 6.62. The van der Waals surface area contributed by atoms with Crippen LogP contribution in [0.4, 0.5) is 0 Å². The van der Waals surface area contributed by atoms with Crippen LogP contribution in [0.1, 0.15) is 45.4 Å². The summed E-state index contributed by atoms with van der Waals surface area (Å²) in [7, 11) is 0. The fourth-order valence-electron chi connectivity index (χ4n) is 2.23. The van der Waals surface area contributed by atoms with Crippen LogP contribution < -0.4 is 0 Å². The van der Waals surface area contributed by atoms with Crippen LogP contribution >= 0.6 is 0 Å². The largest absolute Gasteiger partial charge is 0.367 e. The van der Waals surface area contributed by atoms with Crippen LogP contribution in [0.5, 0.6) is 0 Å². The molecular formula is C11H18O2. The van der Waals surface area contributed by atoms with Crippen LogP contribution in [0, 0.1) is 5.92 Å². The third-order valence-electron chi connectivity index (χ3n) is 3.47. The maximum absolute atomic E-state index is 12.0. The molecule has 2 fully saturated rings. The average Bonchev–Trinajstić information content (AvgIpc) is 2.02. The molecule has 2 rings (SSSR count). The van der Waals surface area contributed by atoms with Crippen molar-refractivity contribution in [2.45, 2.75) is 51.0 Å². The Morgan fingerprint density at radius 2 is 2.08 bits per heavy atom. The van der Waals surface area contributed by atoms with Crippen molar-refractivity contribution in [2.24, 2.45) is 5.92 Å². The summed E-state index contributed by atoms with van der Waals surface area (Å²) in [6, 6.07) is 0. The molecule has 74 valence electrons. The molecule has 0 bridgehead atoms. The number of ketones is 1. The van der Waals surface area contributed by atoms with Crippen molar-refractivity contribution in [3.63, 3.8) is 0 Å². The first-order chi connectivity index (χ1) is 6.22. The van der Waals surface area contributed by atoms with E-state index >= 15 is 0 Å². The van der Waals surface area contributed by atoms with Crippen molar-refractivity contribution >= 4 is 5.78 Å². The molecule has 0 N–H and O–H groups in total. The Kier molecular flexibility index (Phi) is 2.41. The van der Waals surface area contributed by atoms with E-state index in [1.54, 1.807) is 0 Å². The van der Waals surface area contributed by atoms with Crippen molar-refractivity contribution in [3.05, 3.63) is 0 Å². The summed E-state index contributed by atoms with van der Waals surface area (Å²) in [5.41, 5.74) is -0.427. The minimum absolute atomic E-state index is 0.322. The van der Waals surface area contributed by atoms with Crippen molar-refractivity contribution < 1.29 is 9.53 Å². The van der Waals surface area contributed by atoms with Gasteiger partial charge in [0.25, 0.3) is 0 Å². The van der Waals surface area contributed by atoms with E-state index in [2.05, 4.69) is 0 Å². The SMILES string of the molecule is CC1(C(=O)C2CCC2)CCCCO1. The first-order valence-corrected chi connectivity index (χ1v) is 5.41. The predicted octanol–water partition coefficient (Wildman–Crippen LogP) is 2.31. The van der Waals surface area contributed by atoms with Crippen LogP contribution in [0.2, 0.25) is 0 Å². The Balaban J connectivity index is 1.99. The monoisotopic (exact) mass is 182 g/mol. The van der Waals surface area contributed by atoms with E-state index in [1.165, 1.54) is 6.42 Å². The van der Waals surface area contributed by atoms with Gasteiger partial charge in [-0.25, -0.2) is 0 Å². The van der Waals surface area contributed by atoms with Crippen LogP contribution in [-0.4, -0.2) is 18.0 Å². The van der Waals surface area contributed by atoms with Crippen LogP contribution in [-0.2, 0) is 9.53 Å². The lowest BCUT2D eigenvalue weighted by Crippen LogP contribution is -2.46. The highest BCUT2D eigenvalue weighted by atomic mass is 16.5. The zero-order chi connectivity index (χ0) is 9.31. The smallest absolute Gasteiger partial charge is 0.167 e. The normalized spacial score (nSPS) is 35.5. The van der Waals surface area contributed by atoms with Gasteiger partial charge in [0.2, 0.25) is 0 Å². The molecule has 1 aliphatic heterocycles. The van der Waals surface area contributed by atoms with Crippen molar-refractivity contribution in [1.82, 2.24) is 0 Å². The molecule has 2 heteroatoms. The fraction of sp³-hybridized carbons (Fsp3) is 0.909. The second kappa shape index (κ2) is 3.41. The number of hydrogen-bond acceptors (Lipinski definition) is 2. The molecule has 13 heavy (non-hydrogen) atoms. The van der Waals surface area contributed by atoms with E-state index in [0.29, 0.717) is 11.7 Å². The quantitative estimate of drug-likeness (QED) is 0.655. The van der Waals surface area contributed by atoms with Crippen LogP contribution in [0.15, 0.2) is 0 Å². The number of rotatable bonds is 2. The highest BCUT2D eigenvalue weighted by Gasteiger charge is 2.41. The molecule has 1 unspecified atom stereocenters. The summed E-state index contributed by atoms with van der Waals surface area (Å²) in [5, 5.41) is 0. The van der Waals surface area contributed by atoms with Crippen molar-refractivity contribution in [3.8, 4) is 0 Å². The third kappa shape index (κ3) is 1.64. The van der Waals surface area contributed by atoms with Gasteiger partial charge in [-0.15, -0.1) is 0 Å². The lowest BCUT2D eigenvalue weighted by atomic mass is 9.74. The van der Waals surface area contributed by atoms with E-state index in [0.717, 1.165) is 38.7 Å². The summed E-state index contributed by atoms with van der Waals surface area (Å²) in [5.74, 6) is 0.696. The summed E-state index contributed by atoms with van der Waals surface area (Å²) in [6.45, 7) is 2.75. The molecule has 0 aromatic carbocycles. The van der Waals surface area contributed by atoms with Gasteiger partial charge in [0.05, 0.1) is 0 Å². The summed E-state index contributed by atoms with van der Waals surface area (Å²) >= 11 is 0. The molecule has 0 amide bonds. The Hall–Kier alpha value is -0.370. The van der Waals surface area contributed by atoms with Crippen LogP contribution in [0.3, 0.4) is 0 Å². The standard InChI is InChI=1S/C11H18O2/c1-11(7-2-3-8-13-11)10(12)9-5-4-6-9/h9H,2-8H2,1H3. The molecule has 2 nitrogen and oxygen atoms in total. The molecule has 1 atom stereocenters. The minimum atomic E-state index is -0.427. The summed E-state index contributed by atoms with van der Waals surface area (Å²) in [4.78, 5) is 12.0. The maximum atomic E-state index is 12.0. The lowest BCUT2D eigenvalue weighted by molar-refractivity contribution is -0.154. The maximum Gasteiger partial charge on any atom is 0.167 e. The van der Waals surface area contributed by atoms with Gasteiger partial charge < -0.3 is 4.74 Å². The van der Waals surface area contributed by atoms with Gasteiger partial charge in [-0.2, -0.15) is 0 Å². The molecule has 2 aliphatic rings. The van der Waals surface area contributed by atoms with Gasteiger partial charge >= 0.3 is 0 Å². The molecule has 1 aliphatic carbocycles. The van der Waals surface area contributed by atoms with Crippen molar-refractivity contribution in [2.75, 3.05) is 6.61 Å². The number of carbonyl (C=O) groups excluding carboxylic acids is 1. The highest BCUT2D eigenvalue weighted by molar-refractivity contribution is 5.89. The Morgan fingerprint density at radius 3 is 2.54 bits per heavy atom. The zero-order valence-corrected chi connectivity index (χ0v) is 8.34. The Labute approximate surface area is 79.7 Å². The van der Waals surface area contributed by atoms with E-state index in [9.17, 15) is 4.79 Å². The van der Waals surface area contributed by atoms with Crippen LogP contribution in [0.25, 0.3) is 0 Å². The number of Topliss-reactive ketones (excluding diaryl/α,β-unsaturated/α-hetero) is 1. The molecule has 0 radical (unpaired) electrons. The lowest BCUT2D eigenvalue weighted by Gasteiger charge is -2.37. The second-order valence-corrected chi connectivity index (χ2v) is 4.53. The number of ether oxygens (including phenoxy) is 1. The highest BCUT2D eigenvalue weighted by Crippen LogP contribution is 2.35. The van der Waals surface area contributed by atoms with Gasteiger partial charge in [-0.3, -0.25) is 4.79 Å². The van der Waals surface area contributed by atoms with E-state index in [-0.39, 0.29) is 0 Å². The zero-order valence-electron chi connectivity index (χ0n) is 8.34. The first-order valence-electron chi connectivity index (χ1n) is 5.41. The van der Waals surface area contributed by atoms with E-state index in [4.69, 9.17) is 4.74 Å². The third-order valence-corrected chi connectivity index (χ3v) is 3.47. The molecule has 1 saturated heterocycles. The van der Waals surface area contributed by atoms with Gasteiger partial charge in [0, 0.05) is 12.5 Å². The predicted molar refractivity (Wildman–Crippen MR) is 50.6 cm³/mol. The van der Waals surface area contributed by atoms with E-state index < -0.39 is 5.60 Å². The Morgan fingerprint density at radius 1 is 1.31 bits per heavy atom. The molecule has 1 heterocycles. The summed E-state index contributed by atoms with van der Waals surface area (Å²) < 4.78 is 5.63. The first kappa shape index (κ1) is 9.20. The van der Waals surface area contributed by atoms with Gasteiger partial charge in [-0.1, -0.05) is 6.42 Å². The van der Waals surface area contributed by atoms with Gasteiger partial charge in [0.15, 0.2) is 5.78 Å². The van der Waals surface area contributed by atoms with Gasteiger partial charge in [-0.05, 0) is 39.0 Å². The fourth-order valence-corrected chi connectivity index (χ4v) is 2.23. The second-order valence-electron chi connectivity index (χ2n) is 4.53. The number of carbonyl (C=O) groups is 1. The average molecular weight is 182 g/mol.